The highest BCUT2D eigenvalue weighted by Crippen LogP contribution is 2.24. The van der Waals surface area contributed by atoms with Crippen LogP contribution in [0.1, 0.15) is 5.56 Å². The van der Waals surface area contributed by atoms with Crippen LogP contribution >= 0.6 is 23.4 Å². The highest BCUT2D eigenvalue weighted by atomic mass is 35.5. The molecule has 0 radical (unpaired) electrons. The second kappa shape index (κ2) is 6.73. The van der Waals surface area contributed by atoms with Crippen molar-refractivity contribution in [3.8, 4) is 5.75 Å². The number of ether oxygens (including phenoxy) is 1. The van der Waals surface area contributed by atoms with Crippen molar-refractivity contribution in [1.82, 2.24) is 0 Å². The van der Waals surface area contributed by atoms with Gasteiger partial charge < -0.3 is 10.1 Å². The number of rotatable bonds is 5. The Balaban J connectivity index is 2.07. The van der Waals surface area contributed by atoms with Crippen LogP contribution in [0.4, 0.5) is 5.69 Å². The van der Waals surface area contributed by atoms with E-state index in [2.05, 4.69) is 35.8 Å². The molecule has 0 saturated heterocycles. The van der Waals surface area contributed by atoms with Gasteiger partial charge in [0, 0.05) is 27.7 Å². The first-order chi connectivity index (χ1) is 9.22. The fourth-order valence-electron chi connectivity index (χ4n) is 1.79. The third-order valence-corrected chi connectivity index (χ3v) is 3.79. The second-order valence-electron chi connectivity index (χ2n) is 4.04. The molecule has 2 rings (SSSR count). The van der Waals surface area contributed by atoms with E-state index in [1.165, 1.54) is 4.90 Å². The monoisotopic (exact) mass is 293 g/mol. The van der Waals surface area contributed by atoms with Crippen LogP contribution in [0.2, 0.25) is 5.02 Å². The highest BCUT2D eigenvalue weighted by Gasteiger charge is 2.03. The number of benzene rings is 2. The molecule has 0 fully saturated rings. The minimum atomic E-state index is 0.683. The number of methoxy groups -OCH3 is 1. The van der Waals surface area contributed by atoms with Gasteiger partial charge in [-0.15, -0.1) is 11.8 Å². The zero-order valence-electron chi connectivity index (χ0n) is 10.9. The maximum Gasteiger partial charge on any atom is 0.123 e. The third kappa shape index (κ3) is 3.82. The number of nitrogens with one attached hydrogen (secondary N) is 1. The van der Waals surface area contributed by atoms with Crippen molar-refractivity contribution in [2.24, 2.45) is 0 Å². The lowest BCUT2D eigenvalue weighted by Gasteiger charge is -2.11. The van der Waals surface area contributed by atoms with Crippen LogP contribution in [0.5, 0.6) is 5.75 Å². The topological polar surface area (TPSA) is 21.3 Å². The van der Waals surface area contributed by atoms with E-state index in [0.29, 0.717) is 6.54 Å². The summed E-state index contributed by atoms with van der Waals surface area (Å²) in [6, 6.07) is 14.0. The predicted octanol–water partition coefficient (Wildman–Crippen LogP) is 4.68. The molecular weight excluding hydrogens is 278 g/mol. The van der Waals surface area contributed by atoms with Crippen molar-refractivity contribution in [2.75, 3.05) is 18.7 Å². The normalized spacial score (nSPS) is 10.3. The van der Waals surface area contributed by atoms with Gasteiger partial charge in [-0.05, 0) is 48.7 Å². The fraction of sp³-hybridized carbons (Fsp3) is 0.200. The molecule has 0 bridgehead atoms. The summed E-state index contributed by atoms with van der Waals surface area (Å²) in [5.74, 6) is 0.845. The molecule has 0 heterocycles. The van der Waals surface area contributed by atoms with Crippen LogP contribution in [0.25, 0.3) is 0 Å². The van der Waals surface area contributed by atoms with Gasteiger partial charge in [0.25, 0.3) is 0 Å². The van der Waals surface area contributed by atoms with Crippen molar-refractivity contribution in [3.63, 3.8) is 0 Å². The van der Waals surface area contributed by atoms with Crippen LogP contribution in [0.15, 0.2) is 47.4 Å². The minimum absolute atomic E-state index is 0.683. The van der Waals surface area contributed by atoms with E-state index < -0.39 is 0 Å². The smallest absolute Gasteiger partial charge is 0.123 e. The summed E-state index contributed by atoms with van der Waals surface area (Å²) >= 11 is 7.74. The van der Waals surface area contributed by atoms with Gasteiger partial charge in [0.1, 0.15) is 5.75 Å². The van der Waals surface area contributed by atoms with E-state index in [1.54, 1.807) is 18.9 Å². The Morgan fingerprint density at radius 3 is 2.53 bits per heavy atom. The molecule has 0 saturated carbocycles. The Morgan fingerprint density at radius 1 is 1.16 bits per heavy atom. The van der Waals surface area contributed by atoms with Crippen molar-refractivity contribution >= 4 is 29.1 Å². The van der Waals surface area contributed by atoms with Gasteiger partial charge in [0.05, 0.1) is 7.11 Å². The standard InChI is InChI=1S/C15H16ClNOS/c1-18-15-8-3-12(16)9-11(15)10-17-13-4-6-14(19-2)7-5-13/h3-9,17H,10H2,1-2H3. The Labute approximate surface area is 123 Å². The lowest BCUT2D eigenvalue weighted by atomic mass is 10.2. The van der Waals surface area contributed by atoms with E-state index in [1.807, 2.05) is 18.2 Å². The van der Waals surface area contributed by atoms with Crippen molar-refractivity contribution in [1.29, 1.82) is 0 Å². The first-order valence-corrected chi connectivity index (χ1v) is 7.53. The molecule has 0 amide bonds. The summed E-state index contributed by atoms with van der Waals surface area (Å²) in [7, 11) is 1.67. The SMILES string of the molecule is COc1ccc(Cl)cc1CNc1ccc(SC)cc1. The number of thioether (sulfide) groups is 1. The van der Waals surface area contributed by atoms with Gasteiger partial charge in [-0.25, -0.2) is 0 Å². The third-order valence-electron chi connectivity index (χ3n) is 2.82. The lowest BCUT2D eigenvalue weighted by molar-refractivity contribution is 0.410. The first-order valence-electron chi connectivity index (χ1n) is 5.93. The first kappa shape index (κ1) is 14.1. The van der Waals surface area contributed by atoms with Gasteiger partial charge in [-0.1, -0.05) is 11.6 Å². The Morgan fingerprint density at radius 2 is 1.89 bits per heavy atom. The number of anilines is 1. The lowest BCUT2D eigenvalue weighted by Crippen LogP contribution is -2.01. The molecule has 0 unspecified atom stereocenters. The van der Waals surface area contributed by atoms with E-state index >= 15 is 0 Å². The zero-order valence-corrected chi connectivity index (χ0v) is 12.5. The zero-order chi connectivity index (χ0) is 13.7. The molecule has 0 aliphatic rings. The van der Waals surface area contributed by atoms with Crippen LogP contribution < -0.4 is 10.1 Å². The van der Waals surface area contributed by atoms with Gasteiger partial charge in [-0.2, -0.15) is 0 Å². The quantitative estimate of drug-likeness (QED) is 0.809. The predicted molar refractivity (Wildman–Crippen MR) is 83.6 cm³/mol. The van der Waals surface area contributed by atoms with Crippen molar-refractivity contribution in [3.05, 3.63) is 53.1 Å². The summed E-state index contributed by atoms with van der Waals surface area (Å²) in [6.45, 7) is 0.683. The van der Waals surface area contributed by atoms with Gasteiger partial charge in [0.15, 0.2) is 0 Å². The Kier molecular flexibility index (Phi) is 5.00. The molecule has 0 atom stereocenters. The van der Waals surface area contributed by atoms with E-state index in [4.69, 9.17) is 16.3 Å². The summed E-state index contributed by atoms with van der Waals surface area (Å²) in [5.41, 5.74) is 2.13. The molecule has 100 valence electrons. The van der Waals surface area contributed by atoms with E-state index in [9.17, 15) is 0 Å². The van der Waals surface area contributed by atoms with Crippen LogP contribution in [-0.4, -0.2) is 13.4 Å². The van der Waals surface area contributed by atoms with Gasteiger partial charge >= 0.3 is 0 Å². The molecule has 2 aromatic carbocycles. The molecular formula is C15H16ClNOS. The highest BCUT2D eigenvalue weighted by molar-refractivity contribution is 7.98. The maximum absolute atomic E-state index is 6.01. The molecule has 2 aromatic rings. The molecule has 0 aliphatic carbocycles. The number of hydrogen-bond acceptors (Lipinski definition) is 3. The van der Waals surface area contributed by atoms with Crippen LogP contribution in [0, 0.1) is 0 Å². The maximum atomic E-state index is 6.01. The molecule has 0 aromatic heterocycles. The van der Waals surface area contributed by atoms with Gasteiger partial charge in [-0.3, -0.25) is 0 Å². The van der Waals surface area contributed by atoms with Crippen LogP contribution in [-0.2, 0) is 6.54 Å². The largest absolute Gasteiger partial charge is 0.496 e. The summed E-state index contributed by atoms with van der Waals surface area (Å²) in [6.07, 6.45) is 2.07. The van der Waals surface area contributed by atoms with Crippen molar-refractivity contribution < 1.29 is 4.74 Å². The van der Waals surface area contributed by atoms with E-state index in [0.717, 1.165) is 22.0 Å². The Hall–Kier alpha value is -1.32. The molecule has 1 N–H and O–H groups in total. The second-order valence-corrected chi connectivity index (χ2v) is 5.35. The van der Waals surface area contributed by atoms with Crippen molar-refractivity contribution in [2.45, 2.75) is 11.4 Å². The molecule has 19 heavy (non-hydrogen) atoms. The average molecular weight is 294 g/mol. The molecule has 2 nitrogen and oxygen atoms in total. The Bertz CT molecular complexity index is 542. The summed E-state index contributed by atoms with van der Waals surface area (Å²) in [4.78, 5) is 1.26. The van der Waals surface area contributed by atoms with Gasteiger partial charge in [0.2, 0.25) is 0 Å². The summed E-state index contributed by atoms with van der Waals surface area (Å²) < 4.78 is 5.32. The number of halogens is 1. The minimum Gasteiger partial charge on any atom is -0.496 e. The molecule has 0 spiro atoms. The van der Waals surface area contributed by atoms with Crippen LogP contribution in [0.3, 0.4) is 0 Å². The van der Waals surface area contributed by atoms with E-state index in [-0.39, 0.29) is 0 Å². The fourth-order valence-corrected chi connectivity index (χ4v) is 2.39. The average Bonchev–Trinajstić information content (AvgIpc) is 2.46. The summed E-state index contributed by atoms with van der Waals surface area (Å²) in [5, 5.41) is 4.08. The number of hydrogen-bond donors (Lipinski definition) is 1. The molecule has 4 heteroatoms. The molecule has 0 aliphatic heterocycles.